The Kier molecular flexibility index (Phi) is 4.42. The zero-order valence-electron chi connectivity index (χ0n) is 10.00. The first-order chi connectivity index (χ1) is 8.40. The van der Waals surface area contributed by atoms with Crippen molar-refractivity contribution < 1.29 is 0 Å². The Morgan fingerprint density at radius 2 is 2.12 bits per heavy atom. The second-order valence-corrected chi connectivity index (χ2v) is 4.52. The SMILES string of the molecule is [N-]=[N+]=NCC1CCCCN1Cc1ccccc1. The van der Waals surface area contributed by atoms with Gasteiger partial charge in [0.25, 0.3) is 0 Å². The van der Waals surface area contributed by atoms with Crippen LogP contribution >= 0.6 is 0 Å². The molecule has 1 atom stereocenters. The third-order valence-electron chi connectivity index (χ3n) is 3.33. The Morgan fingerprint density at radius 3 is 2.88 bits per heavy atom. The van der Waals surface area contributed by atoms with Crippen molar-refractivity contribution in [1.29, 1.82) is 0 Å². The Balaban J connectivity index is 1.98. The van der Waals surface area contributed by atoms with Crippen molar-refractivity contribution >= 4 is 0 Å². The van der Waals surface area contributed by atoms with Crippen LogP contribution in [-0.4, -0.2) is 24.0 Å². The maximum atomic E-state index is 8.41. The molecule has 0 bridgehead atoms. The van der Waals surface area contributed by atoms with Gasteiger partial charge in [0, 0.05) is 24.0 Å². The molecule has 0 radical (unpaired) electrons. The molecule has 90 valence electrons. The van der Waals surface area contributed by atoms with Gasteiger partial charge in [-0.25, -0.2) is 0 Å². The molecule has 0 aliphatic carbocycles. The molecular formula is C13H18N4. The van der Waals surface area contributed by atoms with E-state index >= 15 is 0 Å². The van der Waals surface area contributed by atoms with Gasteiger partial charge in [-0.05, 0) is 30.5 Å². The summed E-state index contributed by atoms with van der Waals surface area (Å²) in [5.74, 6) is 0. The van der Waals surface area contributed by atoms with E-state index < -0.39 is 0 Å². The Labute approximate surface area is 102 Å². The van der Waals surface area contributed by atoms with E-state index in [9.17, 15) is 0 Å². The fraction of sp³-hybridized carbons (Fsp3) is 0.538. The number of nitrogens with zero attached hydrogens (tertiary/aromatic N) is 4. The summed E-state index contributed by atoms with van der Waals surface area (Å²) in [6, 6.07) is 10.9. The van der Waals surface area contributed by atoms with Gasteiger partial charge in [-0.1, -0.05) is 41.9 Å². The predicted molar refractivity (Wildman–Crippen MR) is 68.5 cm³/mol. The number of rotatable bonds is 4. The van der Waals surface area contributed by atoms with Gasteiger partial charge in [0.15, 0.2) is 0 Å². The minimum atomic E-state index is 0.417. The van der Waals surface area contributed by atoms with Crippen molar-refractivity contribution in [2.24, 2.45) is 5.11 Å². The molecule has 0 spiro atoms. The predicted octanol–water partition coefficient (Wildman–Crippen LogP) is 3.35. The van der Waals surface area contributed by atoms with Crippen LogP contribution in [0.1, 0.15) is 24.8 Å². The fourth-order valence-electron chi connectivity index (χ4n) is 2.42. The lowest BCUT2D eigenvalue weighted by Crippen LogP contribution is -2.40. The first-order valence-electron chi connectivity index (χ1n) is 6.19. The summed E-state index contributed by atoms with van der Waals surface area (Å²) in [5, 5.41) is 3.73. The summed E-state index contributed by atoms with van der Waals surface area (Å²) in [7, 11) is 0. The fourth-order valence-corrected chi connectivity index (χ4v) is 2.42. The smallest absolute Gasteiger partial charge is 0.0414 e. The molecule has 1 unspecified atom stereocenters. The van der Waals surface area contributed by atoms with Crippen LogP contribution in [-0.2, 0) is 6.54 Å². The average Bonchev–Trinajstić information content (AvgIpc) is 2.39. The Hall–Kier alpha value is -1.51. The molecular weight excluding hydrogens is 212 g/mol. The number of benzene rings is 1. The Morgan fingerprint density at radius 1 is 1.29 bits per heavy atom. The second kappa shape index (κ2) is 6.28. The Bertz CT molecular complexity index is 384. The summed E-state index contributed by atoms with van der Waals surface area (Å²) in [6.45, 7) is 2.68. The van der Waals surface area contributed by atoms with Crippen molar-refractivity contribution in [3.63, 3.8) is 0 Å². The number of piperidine rings is 1. The molecule has 4 heteroatoms. The van der Waals surface area contributed by atoms with Crippen LogP contribution in [0.4, 0.5) is 0 Å². The molecule has 1 aliphatic heterocycles. The minimum Gasteiger partial charge on any atom is -0.296 e. The van der Waals surface area contributed by atoms with Crippen LogP contribution in [0.15, 0.2) is 35.4 Å². The molecule has 1 aromatic carbocycles. The van der Waals surface area contributed by atoms with Crippen LogP contribution in [0.5, 0.6) is 0 Å². The highest BCUT2D eigenvalue weighted by Crippen LogP contribution is 2.19. The molecule has 17 heavy (non-hydrogen) atoms. The van der Waals surface area contributed by atoms with E-state index in [-0.39, 0.29) is 0 Å². The lowest BCUT2D eigenvalue weighted by atomic mass is 10.0. The van der Waals surface area contributed by atoms with Gasteiger partial charge >= 0.3 is 0 Å². The summed E-state index contributed by atoms with van der Waals surface area (Å²) in [4.78, 5) is 5.31. The van der Waals surface area contributed by atoms with Crippen LogP contribution in [0.3, 0.4) is 0 Å². The van der Waals surface area contributed by atoms with Crippen molar-refractivity contribution in [1.82, 2.24) is 4.90 Å². The first-order valence-corrected chi connectivity index (χ1v) is 6.19. The lowest BCUT2D eigenvalue weighted by Gasteiger charge is -2.34. The molecule has 1 saturated heterocycles. The molecule has 0 aromatic heterocycles. The van der Waals surface area contributed by atoms with Crippen molar-refractivity contribution in [3.05, 3.63) is 46.3 Å². The third-order valence-corrected chi connectivity index (χ3v) is 3.33. The van der Waals surface area contributed by atoms with Gasteiger partial charge in [-0.3, -0.25) is 4.90 Å². The van der Waals surface area contributed by atoms with E-state index in [1.807, 2.05) is 6.07 Å². The minimum absolute atomic E-state index is 0.417. The zero-order valence-corrected chi connectivity index (χ0v) is 10.00. The molecule has 4 nitrogen and oxygen atoms in total. The molecule has 1 heterocycles. The maximum absolute atomic E-state index is 8.41. The number of hydrogen-bond acceptors (Lipinski definition) is 2. The van der Waals surface area contributed by atoms with E-state index in [2.05, 4.69) is 39.2 Å². The molecule has 1 aromatic rings. The highest BCUT2D eigenvalue weighted by atomic mass is 15.2. The highest BCUT2D eigenvalue weighted by Gasteiger charge is 2.21. The van der Waals surface area contributed by atoms with E-state index in [1.54, 1.807) is 0 Å². The average molecular weight is 230 g/mol. The van der Waals surface area contributed by atoms with E-state index in [0.717, 1.165) is 19.5 Å². The van der Waals surface area contributed by atoms with Gasteiger partial charge in [-0.2, -0.15) is 0 Å². The summed E-state index contributed by atoms with van der Waals surface area (Å²) in [5.41, 5.74) is 9.75. The standard InChI is InChI=1S/C13H18N4/c14-16-15-10-13-8-4-5-9-17(13)11-12-6-2-1-3-7-12/h1-3,6-7,13H,4-5,8-11H2. The molecule has 1 aliphatic rings. The van der Waals surface area contributed by atoms with Gasteiger partial charge in [-0.15, -0.1) is 0 Å². The quantitative estimate of drug-likeness (QED) is 0.444. The van der Waals surface area contributed by atoms with E-state index in [0.29, 0.717) is 12.6 Å². The van der Waals surface area contributed by atoms with E-state index in [1.165, 1.54) is 18.4 Å². The molecule has 2 rings (SSSR count). The molecule has 0 N–H and O–H groups in total. The zero-order chi connectivity index (χ0) is 11.9. The normalized spacial score (nSPS) is 20.8. The lowest BCUT2D eigenvalue weighted by molar-refractivity contribution is 0.145. The monoisotopic (exact) mass is 230 g/mol. The van der Waals surface area contributed by atoms with Gasteiger partial charge in [0.05, 0.1) is 0 Å². The largest absolute Gasteiger partial charge is 0.296 e. The molecule has 1 fully saturated rings. The van der Waals surface area contributed by atoms with Gasteiger partial charge in [0.2, 0.25) is 0 Å². The summed E-state index contributed by atoms with van der Waals surface area (Å²) in [6.07, 6.45) is 3.64. The van der Waals surface area contributed by atoms with Crippen LogP contribution in [0.2, 0.25) is 0 Å². The number of hydrogen-bond donors (Lipinski definition) is 0. The van der Waals surface area contributed by atoms with Crippen LogP contribution in [0, 0.1) is 0 Å². The van der Waals surface area contributed by atoms with Gasteiger partial charge in [0.1, 0.15) is 0 Å². The molecule has 0 saturated carbocycles. The van der Waals surface area contributed by atoms with Crippen LogP contribution in [0.25, 0.3) is 10.4 Å². The van der Waals surface area contributed by atoms with Gasteiger partial charge < -0.3 is 0 Å². The van der Waals surface area contributed by atoms with Crippen molar-refractivity contribution in [2.45, 2.75) is 31.8 Å². The highest BCUT2D eigenvalue weighted by molar-refractivity contribution is 5.14. The summed E-state index contributed by atoms with van der Waals surface area (Å²) < 4.78 is 0. The van der Waals surface area contributed by atoms with E-state index in [4.69, 9.17) is 5.53 Å². The van der Waals surface area contributed by atoms with Crippen molar-refractivity contribution in [3.8, 4) is 0 Å². The number of likely N-dealkylation sites (tertiary alicyclic amines) is 1. The second-order valence-electron chi connectivity index (χ2n) is 4.52. The topological polar surface area (TPSA) is 52.0 Å². The maximum Gasteiger partial charge on any atom is 0.0414 e. The first kappa shape index (κ1) is 12.0. The van der Waals surface area contributed by atoms with Crippen LogP contribution < -0.4 is 0 Å². The third kappa shape index (κ3) is 3.48. The number of azide groups is 1. The summed E-state index contributed by atoms with van der Waals surface area (Å²) >= 11 is 0. The molecule has 0 amide bonds. The van der Waals surface area contributed by atoms with Crippen molar-refractivity contribution in [2.75, 3.05) is 13.1 Å².